The van der Waals surface area contributed by atoms with Crippen molar-refractivity contribution in [1.82, 2.24) is 28.6 Å². The Kier molecular flexibility index (Phi) is 11.2. The third kappa shape index (κ3) is 7.60. The maximum absolute atomic E-state index is 13.8. The van der Waals surface area contributed by atoms with Crippen molar-refractivity contribution in [3.63, 3.8) is 0 Å². The molecule has 18 heteroatoms. The van der Waals surface area contributed by atoms with E-state index in [9.17, 15) is 28.6 Å². The summed E-state index contributed by atoms with van der Waals surface area (Å²) in [6.45, 7) is 3.77. The van der Waals surface area contributed by atoms with Crippen LogP contribution in [0.5, 0.6) is 23.3 Å². The molecule has 0 atom stereocenters. The first-order valence-electron chi connectivity index (χ1n) is 18.0. The van der Waals surface area contributed by atoms with E-state index in [0.29, 0.717) is 84.6 Å². The molecule has 0 unspecified atom stereocenters. The van der Waals surface area contributed by atoms with Gasteiger partial charge in [-0.05, 0) is 92.5 Å². The van der Waals surface area contributed by atoms with E-state index in [1.165, 1.54) is 35.3 Å². The van der Waals surface area contributed by atoms with E-state index in [2.05, 4.69) is 15.0 Å². The smallest absolute Gasteiger partial charge is 0.420 e. The lowest BCUT2D eigenvalue weighted by Gasteiger charge is -2.18. The Morgan fingerprint density at radius 2 is 1.31 bits per heavy atom. The third-order valence-corrected chi connectivity index (χ3v) is 10.0. The quantitative estimate of drug-likeness (QED) is 0.118. The Balaban J connectivity index is 0.000000180. The van der Waals surface area contributed by atoms with Gasteiger partial charge in [-0.15, -0.1) is 11.6 Å². The zero-order valence-corrected chi connectivity index (χ0v) is 33.0. The summed E-state index contributed by atoms with van der Waals surface area (Å²) in [7, 11) is 1.84. The molecule has 0 saturated carbocycles. The molecule has 59 heavy (non-hydrogen) atoms. The van der Waals surface area contributed by atoms with E-state index in [-0.39, 0.29) is 5.88 Å². The number of halogens is 2. The second-order valence-corrected chi connectivity index (χ2v) is 13.7. The number of aromatic amines is 1. The van der Waals surface area contributed by atoms with Gasteiger partial charge >= 0.3 is 18.4 Å². The first-order valence-corrected chi connectivity index (χ1v) is 18.5. The van der Waals surface area contributed by atoms with Crippen LogP contribution in [0.3, 0.4) is 0 Å². The minimum absolute atomic E-state index is 0.128. The number of benzene rings is 2. The molecule has 0 aliphatic rings. The van der Waals surface area contributed by atoms with Crippen molar-refractivity contribution in [1.29, 1.82) is 0 Å². The Labute approximate surface area is 338 Å². The number of ether oxygens (including phenoxy) is 2. The van der Waals surface area contributed by atoms with Gasteiger partial charge in [0.15, 0.2) is 0 Å². The first kappa shape index (κ1) is 40.2. The van der Waals surface area contributed by atoms with Gasteiger partial charge < -0.3 is 23.3 Å². The lowest BCUT2D eigenvalue weighted by atomic mass is 9.87. The minimum atomic E-state index is -1.24. The molecule has 2 N–H and O–H groups in total. The molecule has 0 fully saturated rings. The zero-order valence-electron chi connectivity index (χ0n) is 32.3. The highest BCUT2D eigenvalue weighted by Crippen LogP contribution is 2.35. The summed E-state index contributed by atoms with van der Waals surface area (Å²) in [6, 6.07) is 17.0. The standard InChI is InChI=1S/C21H19BClN3O5.C20H16FN3O4/c1-12-18(25(3)21(28)26(20(12)27)22(2)29)15-5-4-14(10-13(15)11-23)31-19-16-7-9-30-17(16)6-8-24-19;1-11-17(24(2)20(26)23-18(11)25)14-4-3-13(9-12(14)10-21)28-19-15-6-8-27-16(15)5-7-22-19/h4-10,29H,11H2,1-3H3;3-9H,10H2,1-2H3,(H,23,25,26)/i;21-1. The summed E-state index contributed by atoms with van der Waals surface area (Å²) < 4.78 is 39.7. The first-order chi connectivity index (χ1) is 28.3. The molecule has 6 aromatic heterocycles. The molecule has 0 amide bonds. The number of aromatic nitrogens is 6. The largest absolute Gasteiger partial charge is 0.464 e. The molecule has 300 valence electrons. The second-order valence-electron chi connectivity index (χ2n) is 13.4. The van der Waals surface area contributed by atoms with Gasteiger partial charge in [0, 0.05) is 54.6 Å². The zero-order chi connectivity index (χ0) is 42.1. The molecule has 2 aromatic carbocycles. The predicted molar refractivity (Wildman–Crippen MR) is 220 cm³/mol. The van der Waals surface area contributed by atoms with Crippen LogP contribution in [-0.2, 0) is 26.6 Å². The van der Waals surface area contributed by atoms with Crippen LogP contribution in [0.25, 0.3) is 44.5 Å². The highest BCUT2D eigenvalue weighted by atomic mass is 35.5. The van der Waals surface area contributed by atoms with E-state index in [0.717, 1.165) is 9.86 Å². The van der Waals surface area contributed by atoms with Crippen LogP contribution >= 0.6 is 11.6 Å². The monoisotopic (exact) mass is 819 g/mol. The van der Waals surface area contributed by atoms with Crippen LogP contribution < -0.4 is 32.0 Å². The number of furan rings is 2. The molecule has 6 heterocycles. The highest BCUT2D eigenvalue weighted by molar-refractivity contribution is 6.46. The van der Waals surface area contributed by atoms with Gasteiger partial charge in [-0.2, -0.15) is 0 Å². The van der Waals surface area contributed by atoms with Crippen molar-refractivity contribution in [3.8, 4) is 45.8 Å². The maximum Gasteiger partial charge on any atom is 0.420 e. The highest BCUT2D eigenvalue weighted by Gasteiger charge is 2.22. The Morgan fingerprint density at radius 1 is 0.780 bits per heavy atom. The van der Waals surface area contributed by atoms with Crippen molar-refractivity contribution < 1.29 is 27.7 Å². The molecule has 0 spiro atoms. The second kappa shape index (κ2) is 16.5. The van der Waals surface area contributed by atoms with Crippen molar-refractivity contribution >= 4 is 40.6 Å². The lowest BCUT2D eigenvalue weighted by Crippen LogP contribution is -2.48. The van der Waals surface area contributed by atoms with E-state index in [1.54, 1.807) is 94.1 Å². The number of nitrogens with zero attached hydrogens (tertiary/aromatic N) is 5. The Hall–Kier alpha value is -6.98. The molecule has 0 saturated heterocycles. The number of alkyl halides is 2. The van der Waals surface area contributed by atoms with Crippen molar-refractivity contribution in [2.24, 2.45) is 14.1 Å². The summed E-state index contributed by atoms with van der Waals surface area (Å²) in [6.07, 6.45) is 6.24. The van der Waals surface area contributed by atoms with Gasteiger partial charge in [0.1, 0.15) is 29.3 Å². The molecule has 8 aromatic rings. The summed E-state index contributed by atoms with van der Waals surface area (Å²) in [4.78, 5) is 60.0. The van der Waals surface area contributed by atoms with Gasteiger partial charge in [0.25, 0.3) is 5.56 Å². The molecular weight excluding hydrogens is 785 g/mol. The van der Waals surface area contributed by atoms with E-state index < -0.39 is 36.2 Å². The van der Waals surface area contributed by atoms with Crippen molar-refractivity contribution in [2.45, 2.75) is 33.2 Å². The fourth-order valence-electron chi connectivity index (χ4n) is 6.78. The van der Waals surface area contributed by atoms with E-state index in [1.807, 2.05) is 0 Å². The fraction of sp³-hybridized carbons (Fsp3) is 0.171. The molecule has 0 bridgehead atoms. The Bertz CT molecular complexity index is 3060. The van der Waals surface area contributed by atoms with Gasteiger partial charge in [0.05, 0.1) is 34.7 Å². The van der Waals surface area contributed by atoms with E-state index >= 15 is 0 Å². The van der Waals surface area contributed by atoms with E-state index in [4.69, 9.17) is 29.9 Å². The number of hydrogen-bond donors (Lipinski definition) is 2. The summed E-state index contributed by atoms with van der Waals surface area (Å²) >= 11 is 6.20. The van der Waals surface area contributed by atoms with Crippen molar-refractivity contribution in [3.05, 3.63) is 150 Å². The summed E-state index contributed by atoms with van der Waals surface area (Å²) in [5, 5.41) is 11.3. The van der Waals surface area contributed by atoms with Crippen LogP contribution in [0.2, 0.25) is 6.82 Å². The number of pyridine rings is 2. The van der Waals surface area contributed by atoms with Gasteiger partial charge in [0.2, 0.25) is 17.3 Å². The molecule has 8 rings (SSSR count). The molecule has 0 aliphatic carbocycles. The molecule has 0 radical (unpaired) electrons. The number of nitrogens with one attached hydrogen (secondary N) is 1. The molecular formula is C41H35BClFN6O9. The van der Waals surface area contributed by atoms with Crippen LogP contribution in [0, 0.1) is 13.8 Å². The normalized spacial score (nSPS) is 11.1. The topological polar surface area (TPSA) is 190 Å². The number of rotatable bonds is 9. The number of H-pyrrole nitrogens is 1. The van der Waals surface area contributed by atoms with Crippen LogP contribution in [-0.4, -0.2) is 40.6 Å². The summed E-state index contributed by atoms with van der Waals surface area (Å²) in [5.74, 6) is 1.74. The molecule has 15 nitrogen and oxygen atoms in total. The van der Waals surface area contributed by atoms with Gasteiger partial charge in [-0.25, -0.2) is 23.9 Å². The van der Waals surface area contributed by atoms with Crippen molar-refractivity contribution in [2.75, 3.05) is 0 Å². The molecule has 0 aliphatic heterocycles. The maximum atomic E-state index is 13.8. The fourth-order valence-corrected chi connectivity index (χ4v) is 7.00. The third-order valence-electron chi connectivity index (χ3n) is 9.72. The predicted octanol–water partition coefficient (Wildman–Crippen LogP) is 6.61. The lowest BCUT2D eigenvalue weighted by molar-refractivity contribution is 0.460. The average Bonchev–Trinajstić information content (AvgIpc) is 3.92. The number of hydrogen-bond acceptors (Lipinski definition) is 11. The van der Waals surface area contributed by atoms with Gasteiger partial charge in [-0.1, -0.05) is 0 Å². The number of fused-ring (bicyclic) bond motifs is 2. The average molecular weight is 820 g/mol. The van der Waals surface area contributed by atoms with Crippen LogP contribution in [0.4, 0.5) is 4.39 Å². The Morgan fingerprint density at radius 3 is 1.83 bits per heavy atom. The SMILES string of the molecule is CB(O)n1c(=O)c(C)c(-c2ccc(Oc3nccc4occc34)cc2CCl)n(C)c1=O.Cc1c(-c2ccc(Oc3nccc4occc34)cc2C[18F])n(C)c(=O)[nH]c1=O. The van der Waals surface area contributed by atoms with Crippen LogP contribution in [0.15, 0.2) is 114 Å². The van der Waals surface area contributed by atoms with Crippen LogP contribution in [0.1, 0.15) is 22.3 Å². The van der Waals surface area contributed by atoms with Gasteiger partial charge in [-0.3, -0.25) is 28.2 Å². The minimum Gasteiger partial charge on any atom is -0.464 e. The summed E-state index contributed by atoms with van der Waals surface area (Å²) in [5.41, 5.74) is 2.55.